The van der Waals surface area contributed by atoms with Crippen LogP contribution in [0.4, 0.5) is 5.82 Å². The minimum atomic E-state index is 0. The number of likely N-dealkylation sites (N-methyl/N-ethyl adjacent to an activating group) is 2. The lowest BCUT2D eigenvalue weighted by molar-refractivity contribution is -0.134. The molecule has 0 saturated carbocycles. The van der Waals surface area contributed by atoms with Crippen molar-refractivity contribution in [2.24, 2.45) is 5.92 Å². The van der Waals surface area contributed by atoms with Crippen molar-refractivity contribution < 1.29 is 4.79 Å². The number of halogens is 1. The number of piperidine rings is 1. The van der Waals surface area contributed by atoms with E-state index >= 15 is 0 Å². The minimum Gasteiger partial charge on any atom is -0.355 e. The highest BCUT2D eigenvalue weighted by molar-refractivity contribution is 7.16. The summed E-state index contributed by atoms with van der Waals surface area (Å²) in [6, 6.07) is 2.07. The first-order chi connectivity index (χ1) is 11.2. The quantitative estimate of drug-likeness (QED) is 0.873. The van der Waals surface area contributed by atoms with E-state index in [4.69, 9.17) is 0 Å². The number of fused-ring (bicyclic) bond motifs is 1. The zero-order chi connectivity index (χ0) is 16.2. The number of amides is 1. The second-order valence-corrected chi connectivity index (χ2v) is 6.88. The van der Waals surface area contributed by atoms with Crippen molar-refractivity contribution in [1.82, 2.24) is 20.2 Å². The minimum absolute atomic E-state index is 0. The number of hydrogen-bond acceptors (Lipinski definition) is 6. The second-order valence-electron chi connectivity index (χ2n) is 5.99. The lowest BCUT2D eigenvalue weighted by Crippen LogP contribution is -2.45. The summed E-state index contributed by atoms with van der Waals surface area (Å²) in [6.07, 6.45) is 3.60. The molecule has 1 fully saturated rings. The summed E-state index contributed by atoms with van der Waals surface area (Å²) in [4.78, 5) is 26.5. The number of carbonyl (C=O) groups excluding carboxylic acids is 1. The van der Waals surface area contributed by atoms with E-state index in [1.165, 1.54) is 0 Å². The van der Waals surface area contributed by atoms with Crippen LogP contribution in [0.2, 0.25) is 0 Å². The average Bonchev–Trinajstić information content (AvgIpc) is 3.07. The number of nitrogens with zero attached hydrogens (tertiary/aromatic N) is 4. The van der Waals surface area contributed by atoms with Crippen molar-refractivity contribution in [2.75, 3.05) is 45.2 Å². The maximum absolute atomic E-state index is 12.6. The summed E-state index contributed by atoms with van der Waals surface area (Å²) in [5.41, 5.74) is 0. The fourth-order valence-corrected chi connectivity index (χ4v) is 3.83. The number of aromatic nitrogens is 2. The molecule has 8 heteroatoms. The lowest BCUT2D eigenvalue weighted by Gasteiger charge is -2.34. The van der Waals surface area contributed by atoms with Crippen molar-refractivity contribution in [1.29, 1.82) is 0 Å². The fraction of sp³-hybridized carbons (Fsp3) is 0.562. The van der Waals surface area contributed by atoms with Crippen LogP contribution in [0.1, 0.15) is 12.8 Å². The molecule has 1 aliphatic heterocycles. The molecular formula is C16H24ClN5OS. The van der Waals surface area contributed by atoms with Gasteiger partial charge in [0.2, 0.25) is 5.91 Å². The molecule has 3 heterocycles. The first-order valence-electron chi connectivity index (χ1n) is 8.03. The van der Waals surface area contributed by atoms with E-state index in [9.17, 15) is 4.79 Å². The van der Waals surface area contributed by atoms with Gasteiger partial charge in [-0.2, -0.15) is 0 Å². The predicted molar refractivity (Wildman–Crippen MR) is 101 cm³/mol. The summed E-state index contributed by atoms with van der Waals surface area (Å²) < 4.78 is 0. The molecule has 1 atom stereocenters. The molecule has 2 aromatic rings. The van der Waals surface area contributed by atoms with Crippen LogP contribution in [0.5, 0.6) is 0 Å². The van der Waals surface area contributed by atoms with Gasteiger partial charge in [-0.05, 0) is 31.3 Å². The Balaban J connectivity index is 0.00000208. The maximum Gasteiger partial charge on any atom is 0.227 e. The van der Waals surface area contributed by atoms with Gasteiger partial charge in [-0.15, -0.1) is 23.7 Å². The third-order valence-electron chi connectivity index (χ3n) is 4.38. The molecule has 2 aromatic heterocycles. The molecule has 1 N–H and O–H groups in total. The molecule has 0 aliphatic carbocycles. The van der Waals surface area contributed by atoms with E-state index in [2.05, 4.69) is 26.3 Å². The fourth-order valence-electron chi connectivity index (χ4n) is 3.10. The van der Waals surface area contributed by atoms with Crippen LogP contribution in [0.3, 0.4) is 0 Å². The number of nitrogens with one attached hydrogen (secondary N) is 1. The maximum atomic E-state index is 12.6. The Morgan fingerprint density at radius 3 is 3.12 bits per heavy atom. The van der Waals surface area contributed by atoms with Crippen molar-refractivity contribution in [2.45, 2.75) is 12.8 Å². The average molecular weight is 370 g/mol. The number of hydrogen-bond donors (Lipinski definition) is 1. The number of anilines is 1. The third-order valence-corrected chi connectivity index (χ3v) is 5.21. The van der Waals surface area contributed by atoms with Gasteiger partial charge in [0.1, 0.15) is 17.0 Å². The van der Waals surface area contributed by atoms with Crippen LogP contribution in [0.25, 0.3) is 10.2 Å². The second kappa shape index (κ2) is 8.60. The van der Waals surface area contributed by atoms with Gasteiger partial charge in [-0.25, -0.2) is 9.97 Å². The number of rotatable bonds is 5. The molecule has 3 rings (SSSR count). The van der Waals surface area contributed by atoms with Crippen LogP contribution in [0, 0.1) is 5.92 Å². The summed E-state index contributed by atoms with van der Waals surface area (Å²) >= 11 is 1.63. The molecule has 1 amide bonds. The van der Waals surface area contributed by atoms with Crippen LogP contribution in [0.15, 0.2) is 17.8 Å². The van der Waals surface area contributed by atoms with Crippen molar-refractivity contribution in [3.8, 4) is 0 Å². The summed E-state index contributed by atoms with van der Waals surface area (Å²) in [5, 5.41) is 6.22. The molecule has 0 bridgehead atoms. The highest BCUT2D eigenvalue weighted by Crippen LogP contribution is 2.30. The van der Waals surface area contributed by atoms with Crippen molar-refractivity contribution in [3.63, 3.8) is 0 Å². The zero-order valence-corrected chi connectivity index (χ0v) is 15.7. The van der Waals surface area contributed by atoms with Crippen LogP contribution in [-0.2, 0) is 4.79 Å². The first kappa shape index (κ1) is 18.9. The topological polar surface area (TPSA) is 61.4 Å². The Bertz CT molecular complexity index is 679. The van der Waals surface area contributed by atoms with Crippen LogP contribution in [-0.4, -0.2) is 61.0 Å². The molecule has 1 saturated heterocycles. The van der Waals surface area contributed by atoms with E-state index in [0.29, 0.717) is 0 Å². The SMILES string of the molecule is CNCCN(C)C(=O)C1CCCN(c2ncnc3sccc23)C1.Cl. The molecule has 1 aliphatic rings. The molecular weight excluding hydrogens is 346 g/mol. The molecule has 24 heavy (non-hydrogen) atoms. The van der Waals surface area contributed by atoms with E-state index < -0.39 is 0 Å². The zero-order valence-electron chi connectivity index (χ0n) is 14.1. The molecule has 6 nitrogen and oxygen atoms in total. The van der Waals surface area contributed by atoms with Gasteiger partial charge in [0, 0.05) is 33.2 Å². The van der Waals surface area contributed by atoms with Gasteiger partial charge in [-0.3, -0.25) is 4.79 Å². The number of thiophene rings is 1. The Labute approximate surface area is 152 Å². The van der Waals surface area contributed by atoms with Gasteiger partial charge in [0.25, 0.3) is 0 Å². The summed E-state index contributed by atoms with van der Waals surface area (Å²) in [7, 11) is 3.79. The Morgan fingerprint density at radius 2 is 2.33 bits per heavy atom. The Hall–Kier alpha value is -1.44. The van der Waals surface area contributed by atoms with E-state index in [1.54, 1.807) is 17.7 Å². The van der Waals surface area contributed by atoms with Crippen LogP contribution < -0.4 is 10.2 Å². The van der Waals surface area contributed by atoms with Gasteiger partial charge in [0.05, 0.1) is 11.3 Å². The standard InChI is InChI=1S/C16H23N5OS.ClH/c1-17-6-8-20(2)16(22)12-4-3-7-21(10-12)14-13-5-9-23-15(13)19-11-18-14;/h5,9,11-12,17H,3-4,6-8,10H2,1-2H3;1H. The predicted octanol–water partition coefficient (Wildman–Crippen LogP) is 2.01. The first-order valence-corrected chi connectivity index (χ1v) is 8.91. The summed E-state index contributed by atoms with van der Waals surface area (Å²) in [6.45, 7) is 3.25. The third kappa shape index (κ3) is 3.96. The molecule has 0 aromatic carbocycles. The van der Waals surface area contributed by atoms with Crippen LogP contribution >= 0.6 is 23.7 Å². The normalized spacial score (nSPS) is 17.6. The lowest BCUT2D eigenvalue weighted by atomic mass is 9.96. The van der Waals surface area contributed by atoms with Crippen molar-refractivity contribution in [3.05, 3.63) is 17.8 Å². The van der Waals surface area contributed by atoms with E-state index in [1.807, 2.05) is 24.4 Å². The van der Waals surface area contributed by atoms with Gasteiger partial charge in [0.15, 0.2) is 0 Å². The van der Waals surface area contributed by atoms with Gasteiger partial charge in [-0.1, -0.05) is 0 Å². The molecule has 1 unspecified atom stereocenters. The van der Waals surface area contributed by atoms with Gasteiger partial charge >= 0.3 is 0 Å². The van der Waals surface area contributed by atoms with E-state index in [0.717, 1.165) is 55.1 Å². The summed E-state index contributed by atoms with van der Waals surface area (Å²) in [5.74, 6) is 1.25. The Morgan fingerprint density at radius 1 is 1.50 bits per heavy atom. The molecule has 0 radical (unpaired) electrons. The largest absolute Gasteiger partial charge is 0.355 e. The monoisotopic (exact) mass is 369 g/mol. The Kier molecular flexibility index (Phi) is 6.77. The number of carbonyl (C=O) groups is 1. The van der Waals surface area contributed by atoms with Crippen molar-refractivity contribution >= 4 is 45.7 Å². The van der Waals surface area contributed by atoms with Gasteiger partial charge < -0.3 is 15.1 Å². The molecule has 0 spiro atoms. The smallest absolute Gasteiger partial charge is 0.227 e. The highest BCUT2D eigenvalue weighted by atomic mass is 35.5. The molecule has 132 valence electrons. The highest BCUT2D eigenvalue weighted by Gasteiger charge is 2.29. The van der Waals surface area contributed by atoms with E-state index in [-0.39, 0.29) is 24.2 Å².